The number of aromatic nitrogens is 4. The van der Waals surface area contributed by atoms with Crippen molar-refractivity contribution in [1.82, 2.24) is 19.9 Å². The average molecular weight is 303 g/mol. The van der Waals surface area contributed by atoms with E-state index in [0.717, 1.165) is 47.4 Å². The molecule has 5 nitrogen and oxygen atoms in total. The number of hydrogen-bond donors (Lipinski definition) is 0. The molecular formula is C15H21N5S. The second-order valence-corrected chi connectivity index (χ2v) is 6.14. The van der Waals surface area contributed by atoms with Gasteiger partial charge in [0.25, 0.3) is 0 Å². The van der Waals surface area contributed by atoms with E-state index in [1.165, 1.54) is 0 Å². The van der Waals surface area contributed by atoms with Crippen LogP contribution < -0.4 is 4.90 Å². The van der Waals surface area contributed by atoms with Gasteiger partial charge in [-0.15, -0.1) is 0 Å². The van der Waals surface area contributed by atoms with E-state index < -0.39 is 0 Å². The molecule has 0 spiro atoms. The lowest BCUT2D eigenvalue weighted by Gasteiger charge is -2.16. The molecule has 0 bridgehead atoms. The molecule has 0 aliphatic heterocycles. The van der Waals surface area contributed by atoms with Gasteiger partial charge in [-0.1, -0.05) is 11.8 Å². The lowest BCUT2D eigenvalue weighted by atomic mass is 10.3. The van der Waals surface area contributed by atoms with Crippen LogP contribution in [0.15, 0.2) is 29.9 Å². The molecular weight excluding hydrogens is 282 g/mol. The molecule has 0 N–H and O–H groups in total. The Hall–Kier alpha value is -1.69. The van der Waals surface area contributed by atoms with Crippen LogP contribution in [0.2, 0.25) is 0 Å². The minimum absolute atomic E-state index is 0.787. The van der Waals surface area contributed by atoms with E-state index in [1.807, 2.05) is 45.7 Å². The monoisotopic (exact) mass is 303 g/mol. The fraction of sp³-hybridized carbons (Fsp3) is 0.467. The molecule has 112 valence electrons. The van der Waals surface area contributed by atoms with E-state index in [0.29, 0.717) is 0 Å². The Bertz CT molecular complexity index is 541. The molecule has 0 aromatic carbocycles. The summed E-state index contributed by atoms with van der Waals surface area (Å²) in [6.07, 6.45) is 9.65. The van der Waals surface area contributed by atoms with Gasteiger partial charge in [0, 0.05) is 44.1 Å². The number of unbranched alkanes of at least 4 members (excludes halogenated alkanes) is 1. The van der Waals surface area contributed by atoms with Gasteiger partial charge in [-0.2, -0.15) is 0 Å². The number of hydrogen-bond acceptors (Lipinski definition) is 6. The van der Waals surface area contributed by atoms with Crippen LogP contribution in [0.4, 0.5) is 5.95 Å². The zero-order valence-electron chi connectivity index (χ0n) is 12.8. The molecule has 0 unspecified atom stereocenters. The summed E-state index contributed by atoms with van der Waals surface area (Å²) in [5.41, 5.74) is 2.18. The van der Waals surface area contributed by atoms with Crippen molar-refractivity contribution in [3.05, 3.63) is 35.9 Å². The van der Waals surface area contributed by atoms with Crippen LogP contribution in [0.1, 0.15) is 24.0 Å². The number of anilines is 1. The van der Waals surface area contributed by atoms with Crippen LogP contribution in [-0.4, -0.2) is 39.3 Å². The van der Waals surface area contributed by atoms with Crippen molar-refractivity contribution in [2.45, 2.75) is 31.8 Å². The first-order valence-electron chi connectivity index (χ1n) is 7.06. The summed E-state index contributed by atoms with van der Waals surface area (Å²) < 4.78 is 0. The first kappa shape index (κ1) is 15.7. The van der Waals surface area contributed by atoms with Gasteiger partial charge in [-0.05, 0) is 37.8 Å². The van der Waals surface area contributed by atoms with Gasteiger partial charge in [0.15, 0.2) is 5.16 Å². The highest BCUT2D eigenvalue weighted by molar-refractivity contribution is 7.99. The maximum Gasteiger partial charge on any atom is 0.224 e. The van der Waals surface area contributed by atoms with E-state index in [4.69, 9.17) is 0 Å². The molecule has 0 atom stereocenters. The van der Waals surface area contributed by atoms with Crippen molar-refractivity contribution in [1.29, 1.82) is 0 Å². The van der Waals surface area contributed by atoms with Gasteiger partial charge < -0.3 is 4.90 Å². The molecule has 2 heterocycles. The highest BCUT2D eigenvalue weighted by Crippen LogP contribution is 2.14. The third kappa shape index (κ3) is 5.30. The van der Waals surface area contributed by atoms with Gasteiger partial charge in [0.05, 0.1) is 0 Å². The number of nitrogens with zero attached hydrogens (tertiary/aromatic N) is 5. The molecule has 2 rings (SSSR count). The quantitative estimate of drug-likeness (QED) is 0.445. The van der Waals surface area contributed by atoms with Crippen molar-refractivity contribution in [2.75, 3.05) is 24.2 Å². The van der Waals surface area contributed by atoms with Gasteiger partial charge in [-0.25, -0.2) is 19.9 Å². The first-order chi connectivity index (χ1) is 10.1. The van der Waals surface area contributed by atoms with Crippen LogP contribution in [-0.2, 0) is 0 Å². The Kier molecular flexibility index (Phi) is 5.92. The molecule has 6 heteroatoms. The van der Waals surface area contributed by atoms with Gasteiger partial charge in [-0.3, -0.25) is 0 Å². The normalized spacial score (nSPS) is 10.6. The van der Waals surface area contributed by atoms with E-state index in [-0.39, 0.29) is 0 Å². The summed E-state index contributed by atoms with van der Waals surface area (Å²) in [4.78, 5) is 19.3. The zero-order valence-corrected chi connectivity index (χ0v) is 13.6. The Balaban J connectivity index is 1.65. The Morgan fingerprint density at radius 1 is 0.905 bits per heavy atom. The van der Waals surface area contributed by atoms with Crippen molar-refractivity contribution >= 4 is 17.7 Å². The molecule has 21 heavy (non-hydrogen) atoms. The van der Waals surface area contributed by atoms with E-state index in [2.05, 4.69) is 24.8 Å². The summed E-state index contributed by atoms with van der Waals surface area (Å²) >= 11 is 1.71. The second-order valence-electron chi connectivity index (χ2n) is 5.08. The van der Waals surface area contributed by atoms with Crippen molar-refractivity contribution < 1.29 is 0 Å². The number of aryl methyl sites for hydroxylation is 2. The Morgan fingerprint density at radius 3 is 2.10 bits per heavy atom. The van der Waals surface area contributed by atoms with Gasteiger partial charge in [0.2, 0.25) is 5.95 Å². The SMILES string of the molecule is Cc1cnc(SCCCCN(C)c2ncc(C)cn2)nc1. The minimum atomic E-state index is 0.787. The molecule has 0 aliphatic rings. The highest BCUT2D eigenvalue weighted by atomic mass is 32.2. The molecule has 2 aromatic heterocycles. The van der Waals surface area contributed by atoms with Gasteiger partial charge in [0.1, 0.15) is 0 Å². The maximum absolute atomic E-state index is 4.32. The van der Waals surface area contributed by atoms with Crippen LogP contribution in [0, 0.1) is 13.8 Å². The van der Waals surface area contributed by atoms with E-state index >= 15 is 0 Å². The maximum atomic E-state index is 4.32. The van der Waals surface area contributed by atoms with Crippen LogP contribution >= 0.6 is 11.8 Å². The van der Waals surface area contributed by atoms with Crippen LogP contribution in [0.3, 0.4) is 0 Å². The van der Waals surface area contributed by atoms with E-state index in [1.54, 1.807) is 11.8 Å². The Morgan fingerprint density at radius 2 is 1.48 bits per heavy atom. The second kappa shape index (κ2) is 7.93. The lowest BCUT2D eigenvalue weighted by Crippen LogP contribution is -2.21. The van der Waals surface area contributed by atoms with Crippen LogP contribution in [0.25, 0.3) is 0 Å². The third-order valence-electron chi connectivity index (χ3n) is 2.99. The topological polar surface area (TPSA) is 54.8 Å². The summed E-state index contributed by atoms with van der Waals surface area (Å²) in [5.74, 6) is 1.82. The minimum Gasteiger partial charge on any atom is -0.344 e. The standard InChI is InChI=1S/C15H21N5S/c1-12-8-16-14(17-9-12)20(3)6-4-5-7-21-15-18-10-13(2)11-19-15/h8-11H,4-7H2,1-3H3. The average Bonchev–Trinajstić information content (AvgIpc) is 2.49. The van der Waals surface area contributed by atoms with E-state index in [9.17, 15) is 0 Å². The van der Waals surface area contributed by atoms with Crippen molar-refractivity contribution in [3.63, 3.8) is 0 Å². The van der Waals surface area contributed by atoms with Crippen molar-refractivity contribution in [2.24, 2.45) is 0 Å². The molecule has 0 saturated heterocycles. The first-order valence-corrected chi connectivity index (χ1v) is 8.05. The Labute approximate surface area is 130 Å². The molecule has 2 aromatic rings. The molecule has 0 saturated carbocycles. The molecule has 0 radical (unpaired) electrons. The van der Waals surface area contributed by atoms with Crippen molar-refractivity contribution in [3.8, 4) is 0 Å². The fourth-order valence-electron chi connectivity index (χ4n) is 1.75. The summed E-state index contributed by atoms with van der Waals surface area (Å²) in [5, 5.41) is 0.857. The summed E-state index contributed by atoms with van der Waals surface area (Å²) in [7, 11) is 2.03. The summed E-state index contributed by atoms with van der Waals surface area (Å²) in [6.45, 7) is 4.95. The van der Waals surface area contributed by atoms with Crippen LogP contribution in [0.5, 0.6) is 0 Å². The summed E-state index contributed by atoms with van der Waals surface area (Å²) in [6, 6.07) is 0. The van der Waals surface area contributed by atoms with Gasteiger partial charge >= 0.3 is 0 Å². The predicted octanol–water partition coefficient (Wildman–Crippen LogP) is 2.89. The highest BCUT2D eigenvalue weighted by Gasteiger charge is 2.03. The lowest BCUT2D eigenvalue weighted by molar-refractivity contribution is 0.753. The fourth-order valence-corrected chi connectivity index (χ4v) is 2.54. The number of thioether (sulfide) groups is 1. The molecule has 0 amide bonds. The zero-order chi connectivity index (χ0) is 15.1. The smallest absolute Gasteiger partial charge is 0.224 e. The predicted molar refractivity (Wildman–Crippen MR) is 86.8 cm³/mol. The molecule has 0 fully saturated rings. The largest absolute Gasteiger partial charge is 0.344 e. The third-order valence-corrected chi connectivity index (χ3v) is 3.95. The number of rotatable bonds is 7. The molecule has 0 aliphatic carbocycles.